The fraction of sp³-hybridized carbons (Fsp3) is 0.561. The lowest BCUT2D eigenvalue weighted by Gasteiger charge is -2.40. The van der Waals surface area contributed by atoms with Crippen LogP contribution in [0.1, 0.15) is 162 Å². The molecule has 0 amide bonds. The molecule has 2 fully saturated rings. The van der Waals surface area contributed by atoms with Crippen LogP contribution in [0.4, 0.5) is 0 Å². The lowest BCUT2D eigenvalue weighted by atomic mass is 9.62. The van der Waals surface area contributed by atoms with E-state index in [0.717, 1.165) is 59.2 Å². The minimum absolute atomic E-state index is 0.377. The average molecular weight is 525 g/mol. The van der Waals surface area contributed by atoms with Crippen molar-refractivity contribution < 1.29 is 0 Å². The second kappa shape index (κ2) is 4.62. The highest BCUT2D eigenvalue weighted by atomic mass is 14.9. The number of fused-ring (bicyclic) bond motifs is 5. The minimum Gasteiger partial charge on any atom is -0.0508 e. The largest absolute Gasteiger partial charge is 0.0508 e. The SMILES string of the molecule is C1CC2C3=C4C1C1CCC5C6=C1C41CC14c1c3c3c7c8c9c%10c%11c%12c(c6c4c%11c18)C5CCC%12C%10CCC9C7CCC32. The molecule has 0 nitrogen and oxygen atoms in total. The molecule has 2 saturated carbocycles. The van der Waals surface area contributed by atoms with Gasteiger partial charge in [-0.25, -0.2) is 0 Å². The molecule has 0 aliphatic heterocycles. The highest BCUT2D eigenvalue weighted by molar-refractivity contribution is 6.27. The van der Waals surface area contributed by atoms with Crippen LogP contribution in [0, 0.1) is 29.1 Å². The highest BCUT2D eigenvalue weighted by Crippen LogP contribution is 2.94. The Labute approximate surface area is 239 Å². The first kappa shape index (κ1) is 18.4. The minimum atomic E-state index is 0.377. The van der Waals surface area contributed by atoms with Crippen molar-refractivity contribution in [1.82, 2.24) is 0 Å². The van der Waals surface area contributed by atoms with Gasteiger partial charge in [-0.1, -0.05) is 11.1 Å². The normalized spacial score (nSPS) is 51.8. The third kappa shape index (κ3) is 1.20. The number of benzene rings is 3. The summed E-state index contributed by atoms with van der Waals surface area (Å²) in [5, 5.41) is 7.74. The summed E-state index contributed by atoms with van der Waals surface area (Å²) in [5.41, 5.74) is 29.2. The molecule has 17 rings (SSSR count). The van der Waals surface area contributed by atoms with Gasteiger partial charge in [0.2, 0.25) is 0 Å². The van der Waals surface area contributed by atoms with Gasteiger partial charge >= 0.3 is 0 Å². The Bertz CT molecular complexity index is 2110. The molecule has 14 aliphatic rings. The summed E-state index contributed by atoms with van der Waals surface area (Å²) in [5.74, 6) is 8.80. The van der Waals surface area contributed by atoms with E-state index in [1.165, 1.54) is 70.6 Å². The van der Waals surface area contributed by atoms with Gasteiger partial charge in [-0.3, -0.25) is 0 Å². The lowest BCUT2D eigenvalue weighted by molar-refractivity contribution is 0.296. The second-order valence-corrected chi connectivity index (χ2v) is 18.1. The molecule has 0 N–H and O–H groups in total. The zero-order chi connectivity index (χ0) is 24.9. The van der Waals surface area contributed by atoms with E-state index in [1.54, 1.807) is 0 Å². The summed E-state index contributed by atoms with van der Waals surface area (Å²) < 4.78 is 0. The molecule has 0 radical (unpaired) electrons. The summed E-state index contributed by atoms with van der Waals surface area (Å²) in [6, 6.07) is 0. The zero-order valence-electron chi connectivity index (χ0n) is 23.6. The molecule has 3 aromatic carbocycles. The van der Waals surface area contributed by atoms with E-state index in [2.05, 4.69) is 11.1 Å². The Balaban J connectivity index is 1.27. The van der Waals surface area contributed by atoms with Crippen LogP contribution < -0.4 is 0 Å². The molecule has 2 spiro atoms. The van der Waals surface area contributed by atoms with Crippen LogP contribution in [0.5, 0.6) is 0 Å². The van der Waals surface area contributed by atoms with Gasteiger partial charge in [0.1, 0.15) is 0 Å². The quantitative estimate of drug-likeness (QED) is 0.257. The predicted octanol–water partition coefficient (Wildman–Crippen LogP) is 9.52. The maximum absolute atomic E-state index is 2.13. The van der Waals surface area contributed by atoms with Crippen LogP contribution in [0.15, 0.2) is 11.1 Å². The average Bonchev–Trinajstić information content (AvgIpc) is 3.46. The van der Waals surface area contributed by atoms with Gasteiger partial charge in [0.25, 0.3) is 0 Å². The van der Waals surface area contributed by atoms with Crippen LogP contribution in [0.2, 0.25) is 0 Å². The van der Waals surface area contributed by atoms with Gasteiger partial charge in [0, 0.05) is 10.8 Å². The van der Waals surface area contributed by atoms with Crippen LogP contribution in [0.3, 0.4) is 0 Å². The van der Waals surface area contributed by atoms with Gasteiger partial charge < -0.3 is 0 Å². The third-order valence-corrected chi connectivity index (χ3v) is 18.3. The Hall–Kier alpha value is -2.34. The molecule has 196 valence electrons. The fourth-order valence-electron chi connectivity index (χ4n) is 18.3. The van der Waals surface area contributed by atoms with Crippen molar-refractivity contribution in [2.45, 2.75) is 112 Å². The molecule has 41 heavy (non-hydrogen) atoms. The van der Waals surface area contributed by atoms with Crippen molar-refractivity contribution in [3.8, 4) is 0 Å². The molecular weight excluding hydrogens is 492 g/mol. The first-order chi connectivity index (χ1) is 20.4. The van der Waals surface area contributed by atoms with Crippen LogP contribution >= 0.6 is 0 Å². The van der Waals surface area contributed by atoms with E-state index in [4.69, 9.17) is 0 Å². The third-order valence-electron chi connectivity index (χ3n) is 18.3. The first-order valence-corrected chi connectivity index (χ1v) is 18.1. The van der Waals surface area contributed by atoms with Gasteiger partial charge in [-0.05, 0) is 218 Å². The van der Waals surface area contributed by atoms with Crippen LogP contribution in [-0.2, 0) is 5.41 Å². The van der Waals surface area contributed by atoms with Crippen molar-refractivity contribution >= 4 is 32.7 Å². The topological polar surface area (TPSA) is 0 Å². The van der Waals surface area contributed by atoms with Crippen molar-refractivity contribution in [2.24, 2.45) is 29.1 Å². The van der Waals surface area contributed by atoms with Gasteiger partial charge in [0.15, 0.2) is 0 Å². The summed E-state index contributed by atoms with van der Waals surface area (Å²) in [7, 11) is 0. The van der Waals surface area contributed by atoms with E-state index < -0.39 is 0 Å². The van der Waals surface area contributed by atoms with Crippen LogP contribution in [0.25, 0.3) is 32.7 Å². The molecule has 3 aromatic rings. The molecule has 10 atom stereocenters. The number of hydrogen-bond acceptors (Lipinski definition) is 0. The van der Waals surface area contributed by atoms with Crippen molar-refractivity contribution in [3.63, 3.8) is 0 Å². The zero-order valence-corrected chi connectivity index (χ0v) is 23.6. The summed E-state index contributed by atoms with van der Waals surface area (Å²) in [4.78, 5) is 0. The maximum Gasteiger partial charge on any atom is 0.0371 e. The predicted molar refractivity (Wildman–Crippen MR) is 160 cm³/mol. The van der Waals surface area contributed by atoms with E-state index in [9.17, 15) is 0 Å². The van der Waals surface area contributed by atoms with E-state index in [-0.39, 0.29) is 0 Å². The molecule has 10 unspecified atom stereocenters. The molecular formula is C41H32. The molecule has 14 aliphatic carbocycles. The maximum atomic E-state index is 2.13. The molecule has 0 saturated heterocycles. The fourth-order valence-corrected chi connectivity index (χ4v) is 18.3. The van der Waals surface area contributed by atoms with E-state index in [0.29, 0.717) is 10.8 Å². The van der Waals surface area contributed by atoms with Crippen molar-refractivity contribution in [3.05, 3.63) is 66.8 Å². The standard InChI is InChI=1S/C41H32/c1-2-13-15-4-6-17-19-8-10-21-20-9-7-18-16-5-3-14-12(1)22-23(13)31-25(15)27(17)33-29(19)37(21)40-11-41(40)38-32(28(18)36(20)40)26(16)24(14)30(22)34(38)35(31)39(33)41/h12-21H,1-11H2. The van der Waals surface area contributed by atoms with Crippen molar-refractivity contribution in [2.75, 3.05) is 0 Å². The molecule has 0 heterocycles. The number of allylic oxidation sites excluding steroid dienone is 4. The first-order valence-electron chi connectivity index (χ1n) is 18.1. The summed E-state index contributed by atoms with van der Waals surface area (Å²) in [6.07, 6.45) is 16.6. The number of hydrogen-bond donors (Lipinski definition) is 0. The molecule has 0 bridgehead atoms. The Kier molecular flexibility index (Phi) is 2.07. The smallest absolute Gasteiger partial charge is 0.0371 e. The Morgan fingerprint density at radius 2 is 0.707 bits per heavy atom. The van der Waals surface area contributed by atoms with Gasteiger partial charge in [-0.2, -0.15) is 0 Å². The van der Waals surface area contributed by atoms with Crippen LogP contribution in [-0.4, -0.2) is 0 Å². The molecule has 0 heteroatoms. The van der Waals surface area contributed by atoms with Crippen molar-refractivity contribution in [1.29, 1.82) is 0 Å². The van der Waals surface area contributed by atoms with E-state index in [1.807, 2.05) is 88.3 Å². The Morgan fingerprint density at radius 1 is 0.341 bits per heavy atom. The lowest BCUT2D eigenvalue weighted by Crippen LogP contribution is -2.31. The Morgan fingerprint density at radius 3 is 1.17 bits per heavy atom. The highest BCUT2D eigenvalue weighted by Gasteiger charge is 2.85. The molecule has 0 aromatic heterocycles. The monoisotopic (exact) mass is 524 g/mol. The number of rotatable bonds is 0. The van der Waals surface area contributed by atoms with Gasteiger partial charge in [-0.15, -0.1) is 0 Å². The summed E-state index contributed by atoms with van der Waals surface area (Å²) in [6.45, 7) is 0. The summed E-state index contributed by atoms with van der Waals surface area (Å²) >= 11 is 0. The van der Waals surface area contributed by atoms with E-state index >= 15 is 0 Å². The van der Waals surface area contributed by atoms with Gasteiger partial charge in [0.05, 0.1) is 0 Å². The second-order valence-electron chi connectivity index (χ2n) is 18.1.